The van der Waals surface area contributed by atoms with Gasteiger partial charge < -0.3 is 5.73 Å². The van der Waals surface area contributed by atoms with Crippen molar-refractivity contribution < 1.29 is 4.79 Å². The first-order valence-electron chi connectivity index (χ1n) is 3.57. The highest BCUT2D eigenvalue weighted by Crippen LogP contribution is 2.04. The van der Waals surface area contributed by atoms with Crippen molar-refractivity contribution in [3.05, 3.63) is 29.0 Å². The smallest absolute Gasteiger partial charge is 0.229 e. The number of nitrogens with zero attached hydrogens (tertiary/aromatic N) is 1. The molecule has 0 aromatic carbocycles. The van der Waals surface area contributed by atoms with Crippen LogP contribution in [0.3, 0.4) is 0 Å². The lowest BCUT2D eigenvalue weighted by Crippen LogP contribution is -2.08. The number of pyridine rings is 1. The zero-order chi connectivity index (χ0) is 9.68. The Bertz CT molecular complexity index is 361. The van der Waals surface area contributed by atoms with Gasteiger partial charge in [-0.25, -0.2) is 4.98 Å². The molecule has 1 rings (SSSR count). The van der Waals surface area contributed by atoms with E-state index in [1.807, 2.05) is 0 Å². The fourth-order valence-electron chi connectivity index (χ4n) is 0.672. The Kier molecular flexibility index (Phi) is 3.30. The lowest BCUT2D eigenvalue weighted by atomic mass is 10.3. The van der Waals surface area contributed by atoms with Gasteiger partial charge in [-0.3, -0.25) is 4.79 Å². The number of primary amides is 1. The van der Waals surface area contributed by atoms with Crippen LogP contribution in [0.5, 0.6) is 0 Å². The normalized spacial score (nSPS) is 8.69. The van der Waals surface area contributed by atoms with Crippen molar-refractivity contribution in [3.63, 3.8) is 0 Å². The van der Waals surface area contributed by atoms with Crippen LogP contribution in [0.15, 0.2) is 18.3 Å². The van der Waals surface area contributed by atoms with Crippen molar-refractivity contribution in [3.8, 4) is 11.8 Å². The van der Waals surface area contributed by atoms with Gasteiger partial charge >= 0.3 is 0 Å². The summed E-state index contributed by atoms with van der Waals surface area (Å²) in [6.07, 6.45) is 1.54. The molecule has 0 saturated carbocycles. The average molecular weight is 195 g/mol. The number of hydrogen-bond acceptors (Lipinski definition) is 2. The fourth-order valence-corrected chi connectivity index (χ4v) is 0.783. The van der Waals surface area contributed by atoms with Crippen LogP contribution in [0.25, 0.3) is 0 Å². The first kappa shape index (κ1) is 9.56. The highest BCUT2D eigenvalue weighted by Gasteiger charge is 1.89. The van der Waals surface area contributed by atoms with Crippen molar-refractivity contribution in [1.29, 1.82) is 0 Å². The quantitative estimate of drug-likeness (QED) is 0.678. The van der Waals surface area contributed by atoms with E-state index in [9.17, 15) is 4.79 Å². The summed E-state index contributed by atoms with van der Waals surface area (Å²) in [6.45, 7) is 0. The van der Waals surface area contributed by atoms with Gasteiger partial charge in [-0.2, -0.15) is 0 Å². The van der Waals surface area contributed by atoms with Gasteiger partial charge in [0.05, 0.1) is 11.4 Å². The number of carbonyl (C=O) groups is 1. The van der Waals surface area contributed by atoms with Gasteiger partial charge in [0.1, 0.15) is 5.69 Å². The fraction of sp³-hybridized carbons (Fsp3) is 0.111. The minimum Gasteiger partial charge on any atom is -0.369 e. The van der Waals surface area contributed by atoms with E-state index in [0.29, 0.717) is 10.7 Å². The van der Waals surface area contributed by atoms with E-state index in [4.69, 9.17) is 17.3 Å². The predicted octanol–water partition coefficient (Wildman–Crippen LogP) is 0.962. The molecule has 0 aliphatic heterocycles. The molecule has 4 heteroatoms. The molecule has 0 atom stereocenters. The number of rotatable bonds is 1. The molecule has 13 heavy (non-hydrogen) atoms. The van der Waals surface area contributed by atoms with Gasteiger partial charge in [-0.1, -0.05) is 17.5 Å². The van der Waals surface area contributed by atoms with E-state index in [-0.39, 0.29) is 6.42 Å². The van der Waals surface area contributed by atoms with Gasteiger partial charge in [-0.05, 0) is 18.1 Å². The number of amides is 1. The maximum Gasteiger partial charge on any atom is 0.229 e. The Balaban J connectivity index is 2.67. The van der Waals surface area contributed by atoms with E-state index in [1.165, 1.54) is 6.20 Å². The molecule has 1 heterocycles. The Morgan fingerprint density at radius 2 is 2.38 bits per heavy atom. The molecule has 0 aliphatic carbocycles. The molecular formula is C9H7ClN2O. The second kappa shape index (κ2) is 4.48. The van der Waals surface area contributed by atoms with Crippen LogP contribution in [-0.4, -0.2) is 10.9 Å². The molecule has 1 amide bonds. The summed E-state index contributed by atoms with van der Waals surface area (Å²) in [6, 6.07) is 3.36. The number of hydrogen-bond donors (Lipinski definition) is 1. The second-order valence-corrected chi connectivity index (χ2v) is 2.74. The van der Waals surface area contributed by atoms with Gasteiger partial charge in [0, 0.05) is 6.20 Å². The minimum atomic E-state index is -0.443. The third kappa shape index (κ3) is 3.59. The van der Waals surface area contributed by atoms with Crippen LogP contribution < -0.4 is 5.73 Å². The van der Waals surface area contributed by atoms with Gasteiger partial charge in [0.2, 0.25) is 5.91 Å². The summed E-state index contributed by atoms with van der Waals surface area (Å²) in [4.78, 5) is 14.2. The van der Waals surface area contributed by atoms with Crippen molar-refractivity contribution in [1.82, 2.24) is 4.98 Å². The van der Waals surface area contributed by atoms with Crippen LogP contribution in [0.2, 0.25) is 5.02 Å². The molecule has 0 fully saturated rings. The van der Waals surface area contributed by atoms with E-state index in [2.05, 4.69) is 16.8 Å². The molecule has 2 N–H and O–H groups in total. The van der Waals surface area contributed by atoms with E-state index in [1.54, 1.807) is 12.1 Å². The average Bonchev–Trinajstić information content (AvgIpc) is 2.08. The molecule has 0 bridgehead atoms. The molecule has 0 aliphatic rings. The molecule has 1 aromatic rings. The number of aromatic nitrogens is 1. The van der Waals surface area contributed by atoms with E-state index >= 15 is 0 Å². The largest absolute Gasteiger partial charge is 0.369 e. The highest BCUT2D eigenvalue weighted by molar-refractivity contribution is 6.30. The molecule has 0 spiro atoms. The van der Waals surface area contributed by atoms with Gasteiger partial charge in [-0.15, -0.1) is 0 Å². The Hall–Kier alpha value is -1.53. The zero-order valence-electron chi connectivity index (χ0n) is 6.75. The van der Waals surface area contributed by atoms with Crippen LogP contribution in [0, 0.1) is 11.8 Å². The summed E-state index contributed by atoms with van der Waals surface area (Å²) in [7, 11) is 0. The number of carbonyl (C=O) groups excluding carboxylic acids is 1. The summed E-state index contributed by atoms with van der Waals surface area (Å²) >= 11 is 5.61. The Morgan fingerprint density at radius 1 is 1.62 bits per heavy atom. The second-order valence-electron chi connectivity index (χ2n) is 2.31. The first-order valence-corrected chi connectivity index (χ1v) is 3.95. The summed E-state index contributed by atoms with van der Waals surface area (Å²) in [5, 5.41) is 0.556. The Labute approximate surface area is 80.9 Å². The Morgan fingerprint density at radius 3 is 2.92 bits per heavy atom. The lowest BCUT2D eigenvalue weighted by Gasteiger charge is -1.88. The third-order valence-electron chi connectivity index (χ3n) is 1.21. The summed E-state index contributed by atoms with van der Waals surface area (Å²) in [5.41, 5.74) is 5.47. The van der Waals surface area contributed by atoms with Crippen molar-refractivity contribution >= 4 is 17.5 Å². The minimum absolute atomic E-state index is 0.0459. The standard InChI is InChI=1S/C9H7ClN2O/c10-7-4-5-8(12-6-7)2-1-3-9(11)13/h4-6H,3H2,(H2,11,13). The maximum absolute atomic E-state index is 10.3. The molecular weight excluding hydrogens is 188 g/mol. The van der Waals surface area contributed by atoms with Crippen LogP contribution in [0.4, 0.5) is 0 Å². The summed E-state index contributed by atoms with van der Waals surface area (Å²) < 4.78 is 0. The SMILES string of the molecule is NC(=O)CC#Cc1ccc(Cl)cn1. The monoisotopic (exact) mass is 194 g/mol. The van der Waals surface area contributed by atoms with Crippen molar-refractivity contribution in [2.24, 2.45) is 5.73 Å². The zero-order valence-corrected chi connectivity index (χ0v) is 7.51. The molecule has 1 aromatic heterocycles. The van der Waals surface area contributed by atoms with Gasteiger partial charge in [0.25, 0.3) is 0 Å². The van der Waals surface area contributed by atoms with Crippen molar-refractivity contribution in [2.75, 3.05) is 0 Å². The van der Waals surface area contributed by atoms with E-state index < -0.39 is 5.91 Å². The molecule has 0 unspecified atom stereocenters. The van der Waals surface area contributed by atoms with Crippen LogP contribution in [-0.2, 0) is 4.79 Å². The van der Waals surface area contributed by atoms with Crippen LogP contribution >= 0.6 is 11.6 Å². The van der Waals surface area contributed by atoms with Crippen LogP contribution in [0.1, 0.15) is 12.1 Å². The first-order chi connectivity index (χ1) is 6.18. The molecule has 66 valence electrons. The molecule has 0 radical (unpaired) electrons. The lowest BCUT2D eigenvalue weighted by molar-refractivity contribution is -0.117. The van der Waals surface area contributed by atoms with Gasteiger partial charge in [0.15, 0.2) is 0 Å². The number of nitrogens with two attached hydrogens (primary N) is 1. The number of halogens is 1. The topological polar surface area (TPSA) is 56.0 Å². The summed E-state index contributed by atoms with van der Waals surface area (Å²) in [5.74, 6) is 4.83. The molecule has 3 nitrogen and oxygen atoms in total. The van der Waals surface area contributed by atoms with E-state index in [0.717, 1.165) is 0 Å². The predicted molar refractivity (Wildman–Crippen MR) is 49.9 cm³/mol. The highest BCUT2D eigenvalue weighted by atomic mass is 35.5. The third-order valence-corrected chi connectivity index (χ3v) is 1.43. The molecule has 0 saturated heterocycles. The van der Waals surface area contributed by atoms with Crippen molar-refractivity contribution in [2.45, 2.75) is 6.42 Å². The maximum atomic E-state index is 10.3.